The third-order valence-corrected chi connectivity index (χ3v) is 3.79. The molecule has 0 aromatic carbocycles. The minimum atomic E-state index is 0.338. The lowest BCUT2D eigenvalue weighted by atomic mass is 10.1. The van der Waals surface area contributed by atoms with Gasteiger partial charge in [-0.3, -0.25) is 0 Å². The zero-order valence-electron chi connectivity index (χ0n) is 9.69. The lowest BCUT2D eigenvalue weighted by molar-refractivity contribution is 0.539. The molecule has 0 bridgehead atoms. The summed E-state index contributed by atoms with van der Waals surface area (Å²) in [4.78, 5) is 1.44. The summed E-state index contributed by atoms with van der Waals surface area (Å²) in [6, 6.07) is 4.56. The van der Waals surface area contributed by atoms with Gasteiger partial charge in [-0.1, -0.05) is 6.92 Å². The Hall–Kier alpha value is -1.06. The third kappa shape index (κ3) is 2.54. The van der Waals surface area contributed by atoms with Crippen LogP contribution in [-0.2, 0) is 13.0 Å². The van der Waals surface area contributed by atoms with Gasteiger partial charge in [-0.25, -0.2) is 0 Å². The molecule has 2 nitrogen and oxygen atoms in total. The summed E-state index contributed by atoms with van der Waals surface area (Å²) < 4.78 is 5.08. The third-order valence-electron chi connectivity index (χ3n) is 2.83. The van der Waals surface area contributed by atoms with Gasteiger partial charge < -0.3 is 9.73 Å². The van der Waals surface area contributed by atoms with Crippen molar-refractivity contribution in [3.05, 3.63) is 46.0 Å². The highest BCUT2D eigenvalue weighted by Crippen LogP contribution is 2.19. The van der Waals surface area contributed by atoms with Gasteiger partial charge in [0.2, 0.25) is 0 Å². The molecule has 0 aliphatic carbocycles. The van der Waals surface area contributed by atoms with Crippen molar-refractivity contribution >= 4 is 11.3 Å². The summed E-state index contributed by atoms with van der Waals surface area (Å²) in [6.07, 6.45) is 4.63. The van der Waals surface area contributed by atoms with E-state index in [9.17, 15) is 0 Å². The minimum Gasteiger partial charge on any atom is -0.472 e. The monoisotopic (exact) mass is 235 g/mol. The van der Waals surface area contributed by atoms with Gasteiger partial charge in [0.15, 0.2) is 0 Å². The Kier molecular flexibility index (Phi) is 3.80. The van der Waals surface area contributed by atoms with Gasteiger partial charge in [0, 0.05) is 23.0 Å². The van der Waals surface area contributed by atoms with Crippen molar-refractivity contribution in [1.82, 2.24) is 5.32 Å². The zero-order valence-corrected chi connectivity index (χ0v) is 10.5. The summed E-state index contributed by atoms with van der Waals surface area (Å²) >= 11 is 1.83. The number of hydrogen-bond donors (Lipinski definition) is 1. The van der Waals surface area contributed by atoms with Crippen LogP contribution in [0.2, 0.25) is 0 Å². The first kappa shape index (κ1) is 11.4. The maximum atomic E-state index is 5.08. The number of nitrogens with one attached hydrogen (secondary N) is 1. The first-order valence-corrected chi connectivity index (χ1v) is 6.50. The molecule has 0 spiro atoms. The number of furan rings is 1. The van der Waals surface area contributed by atoms with E-state index in [4.69, 9.17) is 4.42 Å². The predicted octanol–water partition coefficient (Wildman–Crippen LogP) is 3.75. The standard InChI is InChI=1S/C13H17NOS/c1-3-11-5-7-16-13(11)8-14-10(2)12-4-6-15-9-12/h4-7,9-10,14H,3,8H2,1-2H3. The van der Waals surface area contributed by atoms with Crippen molar-refractivity contribution in [3.8, 4) is 0 Å². The molecule has 2 aromatic rings. The molecule has 0 saturated carbocycles. The molecular formula is C13H17NOS. The summed E-state index contributed by atoms with van der Waals surface area (Å²) in [5.41, 5.74) is 2.66. The number of aryl methyl sites for hydroxylation is 1. The Balaban J connectivity index is 1.92. The van der Waals surface area contributed by atoms with Gasteiger partial charge in [0.05, 0.1) is 12.5 Å². The van der Waals surface area contributed by atoms with E-state index in [0.29, 0.717) is 6.04 Å². The van der Waals surface area contributed by atoms with Crippen molar-refractivity contribution in [3.63, 3.8) is 0 Å². The molecule has 2 aromatic heterocycles. The highest BCUT2D eigenvalue weighted by molar-refractivity contribution is 7.10. The second-order valence-electron chi connectivity index (χ2n) is 3.88. The topological polar surface area (TPSA) is 25.2 Å². The van der Waals surface area contributed by atoms with Crippen LogP contribution in [0.3, 0.4) is 0 Å². The van der Waals surface area contributed by atoms with Crippen LogP contribution in [-0.4, -0.2) is 0 Å². The number of hydrogen-bond acceptors (Lipinski definition) is 3. The molecule has 1 atom stereocenters. The van der Waals surface area contributed by atoms with Gasteiger partial charge in [-0.05, 0) is 36.4 Å². The number of rotatable bonds is 5. The van der Waals surface area contributed by atoms with Crippen LogP contribution in [0.15, 0.2) is 34.5 Å². The SMILES string of the molecule is CCc1ccsc1CNC(C)c1ccoc1. The zero-order chi connectivity index (χ0) is 11.4. The maximum absolute atomic E-state index is 5.08. The fourth-order valence-electron chi connectivity index (χ4n) is 1.72. The van der Waals surface area contributed by atoms with Crippen LogP contribution in [0.25, 0.3) is 0 Å². The van der Waals surface area contributed by atoms with Gasteiger partial charge >= 0.3 is 0 Å². The molecule has 2 heterocycles. The Morgan fingerprint density at radius 2 is 2.31 bits per heavy atom. The first-order valence-electron chi connectivity index (χ1n) is 5.62. The van der Waals surface area contributed by atoms with Crippen LogP contribution in [0, 0.1) is 0 Å². The Morgan fingerprint density at radius 3 is 3.00 bits per heavy atom. The fourth-order valence-corrected chi connectivity index (χ4v) is 2.65. The lowest BCUT2D eigenvalue weighted by Gasteiger charge is -2.11. The van der Waals surface area contributed by atoms with E-state index in [1.54, 1.807) is 12.5 Å². The molecule has 16 heavy (non-hydrogen) atoms. The Labute approximate surface area is 100 Å². The van der Waals surface area contributed by atoms with Crippen LogP contribution < -0.4 is 5.32 Å². The molecule has 0 aliphatic heterocycles. The molecule has 0 fully saturated rings. The average Bonchev–Trinajstić information content (AvgIpc) is 2.96. The molecule has 0 aliphatic rings. The maximum Gasteiger partial charge on any atom is 0.0950 e. The first-order chi connectivity index (χ1) is 7.81. The van der Waals surface area contributed by atoms with E-state index in [2.05, 4.69) is 30.6 Å². The Morgan fingerprint density at radius 1 is 1.44 bits per heavy atom. The molecule has 2 rings (SSSR count). The van der Waals surface area contributed by atoms with E-state index in [0.717, 1.165) is 13.0 Å². The fraction of sp³-hybridized carbons (Fsp3) is 0.385. The van der Waals surface area contributed by atoms with Crippen LogP contribution >= 0.6 is 11.3 Å². The lowest BCUT2D eigenvalue weighted by Crippen LogP contribution is -2.17. The highest BCUT2D eigenvalue weighted by Gasteiger charge is 2.08. The molecule has 3 heteroatoms. The highest BCUT2D eigenvalue weighted by atomic mass is 32.1. The second-order valence-corrected chi connectivity index (χ2v) is 4.88. The summed E-state index contributed by atoms with van der Waals surface area (Å²) in [6.45, 7) is 5.29. The molecular weight excluding hydrogens is 218 g/mol. The molecule has 0 saturated heterocycles. The molecule has 0 amide bonds. The van der Waals surface area contributed by atoms with Crippen molar-refractivity contribution in [2.24, 2.45) is 0 Å². The van der Waals surface area contributed by atoms with Crippen molar-refractivity contribution < 1.29 is 4.42 Å². The molecule has 86 valence electrons. The molecule has 1 N–H and O–H groups in total. The van der Waals surface area contributed by atoms with Gasteiger partial charge in [0.25, 0.3) is 0 Å². The smallest absolute Gasteiger partial charge is 0.0950 e. The van der Waals surface area contributed by atoms with Crippen LogP contribution in [0.5, 0.6) is 0 Å². The largest absolute Gasteiger partial charge is 0.472 e. The molecule has 0 radical (unpaired) electrons. The summed E-state index contributed by atoms with van der Waals surface area (Å²) in [5.74, 6) is 0. The van der Waals surface area contributed by atoms with Gasteiger partial charge in [0.1, 0.15) is 0 Å². The van der Waals surface area contributed by atoms with Crippen LogP contribution in [0.4, 0.5) is 0 Å². The van der Waals surface area contributed by atoms with E-state index < -0.39 is 0 Å². The summed E-state index contributed by atoms with van der Waals surface area (Å²) in [7, 11) is 0. The predicted molar refractivity (Wildman–Crippen MR) is 67.7 cm³/mol. The number of thiophene rings is 1. The molecule has 1 unspecified atom stereocenters. The average molecular weight is 235 g/mol. The minimum absolute atomic E-state index is 0.338. The van der Waals surface area contributed by atoms with E-state index in [1.165, 1.54) is 16.0 Å². The normalized spacial score (nSPS) is 12.9. The van der Waals surface area contributed by atoms with Crippen LogP contribution in [0.1, 0.15) is 35.9 Å². The van der Waals surface area contributed by atoms with E-state index >= 15 is 0 Å². The van der Waals surface area contributed by atoms with E-state index in [-0.39, 0.29) is 0 Å². The van der Waals surface area contributed by atoms with Crippen molar-refractivity contribution in [1.29, 1.82) is 0 Å². The van der Waals surface area contributed by atoms with Gasteiger partial charge in [-0.15, -0.1) is 11.3 Å². The quantitative estimate of drug-likeness (QED) is 0.853. The van der Waals surface area contributed by atoms with Crippen molar-refractivity contribution in [2.75, 3.05) is 0 Å². The van der Waals surface area contributed by atoms with E-state index in [1.807, 2.05) is 17.4 Å². The van der Waals surface area contributed by atoms with Gasteiger partial charge in [-0.2, -0.15) is 0 Å². The second kappa shape index (κ2) is 5.32. The summed E-state index contributed by atoms with van der Waals surface area (Å²) in [5, 5.41) is 5.68. The van der Waals surface area contributed by atoms with Crippen molar-refractivity contribution in [2.45, 2.75) is 32.9 Å². The Bertz CT molecular complexity index is 419.